The van der Waals surface area contributed by atoms with Crippen molar-refractivity contribution in [2.75, 3.05) is 13.7 Å². The molecule has 8 heteroatoms. The summed E-state index contributed by atoms with van der Waals surface area (Å²) in [4.78, 5) is 40.1. The van der Waals surface area contributed by atoms with E-state index in [2.05, 4.69) is 11.2 Å². The van der Waals surface area contributed by atoms with Crippen LogP contribution in [0.4, 0.5) is 0 Å². The number of benzene rings is 2. The van der Waals surface area contributed by atoms with Crippen LogP contribution in [0.25, 0.3) is 16.5 Å². The molecule has 1 heterocycles. The topological polar surface area (TPSA) is 105 Å². The van der Waals surface area contributed by atoms with E-state index >= 15 is 0 Å². The maximum atomic E-state index is 13.0. The molecule has 0 atom stereocenters. The normalized spacial score (nSPS) is 14.9. The SMILES string of the molecule is CN(C(=O)COC(=O)c1nn(-c2ccccc2)c(=O)c2ccccc12)C1(C#N)CCCCC1. The molecule has 0 unspecified atom stereocenters. The van der Waals surface area contributed by atoms with Gasteiger partial charge in [0.1, 0.15) is 5.54 Å². The molecule has 0 N–H and O–H groups in total. The van der Waals surface area contributed by atoms with Crippen molar-refractivity contribution in [3.05, 3.63) is 70.6 Å². The van der Waals surface area contributed by atoms with Crippen molar-refractivity contribution in [1.82, 2.24) is 14.7 Å². The average Bonchev–Trinajstić information content (AvgIpc) is 2.88. The Kier molecular flexibility index (Phi) is 6.22. The van der Waals surface area contributed by atoms with E-state index < -0.39 is 24.0 Å². The number of hydrogen-bond donors (Lipinski definition) is 0. The van der Waals surface area contributed by atoms with Crippen molar-refractivity contribution in [3.8, 4) is 11.8 Å². The fourth-order valence-electron chi connectivity index (χ4n) is 4.27. The number of hydrogen-bond acceptors (Lipinski definition) is 6. The molecule has 168 valence electrons. The van der Waals surface area contributed by atoms with Gasteiger partial charge in [0, 0.05) is 12.4 Å². The van der Waals surface area contributed by atoms with Crippen molar-refractivity contribution in [2.24, 2.45) is 0 Å². The standard InChI is InChI=1S/C25H24N4O4/c1-28(25(17-26)14-8-3-9-15-25)21(30)16-33-24(32)22-19-12-6-7-13-20(19)23(31)29(27-22)18-10-4-2-5-11-18/h2,4-7,10-13H,3,8-9,14-16H2,1H3. The van der Waals surface area contributed by atoms with Gasteiger partial charge in [-0.1, -0.05) is 55.7 Å². The summed E-state index contributed by atoms with van der Waals surface area (Å²) < 4.78 is 6.47. The van der Waals surface area contributed by atoms with E-state index in [9.17, 15) is 19.6 Å². The van der Waals surface area contributed by atoms with Crippen molar-refractivity contribution in [1.29, 1.82) is 5.26 Å². The predicted octanol–water partition coefficient (Wildman–Crippen LogP) is 3.23. The fourth-order valence-corrected chi connectivity index (χ4v) is 4.27. The van der Waals surface area contributed by atoms with Gasteiger partial charge in [-0.3, -0.25) is 9.59 Å². The molecular weight excluding hydrogens is 420 g/mol. The molecule has 1 amide bonds. The lowest BCUT2D eigenvalue weighted by molar-refractivity contribution is -0.138. The summed E-state index contributed by atoms with van der Waals surface area (Å²) in [6, 6.07) is 17.7. The monoisotopic (exact) mass is 444 g/mol. The summed E-state index contributed by atoms with van der Waals surface area (Å²) in [6.45, 7) is -0.515. The molecule has 1 saturated carbocycles. The Labute approximate surface area is 191 Å². The number of para-hydroxylation sites is 1. The summed E-state index contributed by atoms with van der Waals surface area (Å²) in [5.41, 5.74) is -0.784. The number of esters is 1. The summed E-state index contributed by atoms with van der Waals surface area (Å²) in [5.74, 6) is -1.26. The van der Waals surface area contributed by atoms with Gasteiger partial charge >= 0.3 is 5.97 Å². The van der Waals surface area contributed by atoms with Crippen LogP contribution in [0.3, 0.4) is 0 Å². The summed E-state index contributed by atoms with van der Waals surface area (Å²) >= 11 is 0. The zero-order valence-electron chi connectivity index (χ0n) is 18.4. The van der Waals surface area contributed by atoms with E-state index in [1.54, 1.807) is 55.6 Å². The largest absolute Gasteiger partial charge is 0.451 e. The Balaban J connectivity index is 1.61. The highest BCUT2D eigenvalue weighted by atomic mass is 16.5. The van der Waals surface area contributed by atoms with Crippen LogP contribution < -0.4 is 5.56 Å². The smallest absolute Gasteiger partial charge is 0.359 e. The summed E-state index contributed by atoms with van der Waals surface area (Å²) in [6.07, 6.45) is 4.00. The molecule has 0 bridgehead atoms. The van der Waals surface area contributed by atoms with E-state index in [1.807, 2.05) is 6.07 Å². The fraction of sp³-hybridized carbons (Fsp3) is 0.320. The maximum absolute atomic E-state index is 13.0. The van der Waals surface area contributed by atoms with E-state index in [1.165, 1.54) is 4.90 Å². The minimum absolute atomic E-state index is 0.0582. The Morgan fingerprint density at radius 2 is 1.70 bits per heavy atom. The zero-order chi connectivity index (χ0) is 23.4. The van der Waals surface area contributed by atoms with Crippen LogP contribution in [-0.4, -0.2) is 45.8 Å². The highest BCUT2D eigenvalue weighted by molar-refractivity contribution is 6.02. The van der Waals surface area contributed by atoms with E-state index in [4.69, 9.17) is 4.74 Å². The number of likely N-dealkylation sites (N-methyl/N-ethyl adjacent to an activating group) is 1. The van der Waals surface area contributed by atoms with Gasteiger partial charge in [-0.15, -0.1) is 0 Å². The van der Waals surface area contributed by atoms with Crippen LogP contribution in [0.5, 0.6) is 0 Å². The molecule has 0 aliphatic heterocycles. The number of rotatable bonds is 5. The number of nitriles is 1. The molecule has 1 aromatic heterocycles. The molecule has 33 heavy (non-hydrogen) atoms. The molecule has 8 nitrogen and oxygen atoms in total. The predicted molar refractivity (Wildman–Crippen MR) is 122 cm³/mol. The molecule has 2 aromatic carbocycles. The molecule has 0 radical (unpaired) electrons. The Hall–Kier alpha value is -3.99. The zero-order valence-corrected chi connectivity index (χ0v) is 18.4. The third-order valence-electron chi connectivity index (χ3n) is 6.23. The summed E-state index contributed by atoms with van der Waals surface area (Å²) in [7, 11) is 1.58. The minimum Gasteiger partial charge on any atom is -0.451 e. The van der Waals surface area contributed by atoms with Crippen LogP contribution in [-0.2, 0) is 9.53 Å². The van der Waals surface area contributed by atoms with Gasteiger partial charge < -0.3 is 9.64 Å². The average molecular weight is 444 g/mol. The van der Waals surface area contributed by atoms with E-state index in [0.29, 0.717) is 29.3 Å². The third-order valence-corrected chi connectivity index (χ3v) is 6.23. The van der Waals surface area contributed by atoms with Crippen molar-refractivity contribution >= 4 is 22.6 Å². The number of aromatic nitrogens is 2. The Morgan fingerprint density at radius 1 is 1.06 bits per heavy atom. The molecule has 1 aliphatic carbocycles. The number of carbonyl (C=O) groups excluding carboxylic acids is 2. The molecule has 4 rings (SSSR count). The van der Waals surface area contributed by atoms with Crippen molar-refractivity contribution < 1.29 is 14.3 Å². The van der Waals surface area contributed by atoms with Crippen molar-refractivity contribution in [3.63, 3.8) is 0 Å². The number of ether oxygens (including phenoxy) is 1. The first-order valence-corrected chi connectivity index (χ1v) is 10.9. The number of nitrogens with zero attached hydrogens (tertiary/aromatic N) is 4. The third kappa shape index (κ3) is 4.22. The van der Waals surface area contributed by atoms with Gasteiger partial charge in [0.2, 0.25) is 0 Å². The first-order valence-electron chi connectivity index (χ1n) is 10.9. The van der Waals surface area contributed by atoms with E-state index in [0.717, 1.165) is 23.9 Å². The first-order chi connectivity index (χ1) is 16.0. The molecular formula is C25H24N4O4. The molecule has 0 saturated heterocycles. The quantitative estimate of drug-likeness (QED) is 0.560. The van der Waals surface area contributed by atoms with Gasteiger partial charge in [0.25, 0.3) is 11.5 Å². The highest BCUT2D eigenvalue weighted by Crippen LogP contribution is 2.32. The van der Waals surface area contributed by atoms with Gasteiger partial charge in [-0.05, 0) is 31.0 Å². The molecule has 0 spiro atoms. The van der Waals surface area contributed by atoms with Gasteiger partial charge in [0.05, 0.1) is 17.1 Å². The molecule has 1 fully saturated rings. The number of amides is 1. The lowest BCUT2D eigenvalue weighted by atomic mass is 9.81. The second-order valence-corrected chi connectivity index (χ2v) is 8.18. The second kappa shape index (κ2) is 9.25. The van der Waals surface area contributed by atoms with Gasteiger partial charge in [-0.2, -0.15) is 15.0 Å². The van der Waals surface area contributed by atoms with Crippen LogP contribution >= 0.6 is 0 Å². The second-order valence-electron chi connectivity index (χ2n) is 8.18. The van der Waals surface area contributed by atoms with Gasteiger partial charge in [0.15, 0.2) is 12.3 Å². The van der Waals surface area contributed by atoms with Crippen LogP contribution in [0.2, 0.25) is 0 Å². The lowest BCUT2D eigenvalue weighted by Crippen LogP contribution is -2.51. The first kappa shape index (κ1) is 22.2. The highest BCUT2D eigenvalue weighted by Gasteiger charge is 2.39. The number of fused-ring (bicyclic) bond motifs is 1. The Morgan fingerprint density at radius 3 is 2.36 bits per heavy atom. The number of carbonyl (C=O) groups is 2. The van der Waals surface area contributed by atoms with E-state index in [-0.39, 0.29) is 11.3 Å². The summed E-state index contributed by atoms with van der Waals surface area (Å²) in [5, 5.41) is 14.6. The van der Waals surface area contributed by atoms with Crippen LogP contribution in [0.1, 0.15) is 42.6 Å². The lowest BCUT2D eigenvalue weighted by Gasteiger charge is -2.38. The molecule has 1 aliphatic rings. The van der Waals surface area contributed by atoms with Gasteiger partial charge in [-0.25, -0.2) is 4.79 Å². The van der Waals surface area contributed by atoms with Crippen LogP contribution in [0.15, 0.2) is 59.4 Å². The van der Waals surface area contributed by atoms with Crippen LogP contribution in [0, 0.1) is 11.3 Å². The Bertz CT molecular complexity index is 1290. The van der Waals surface area contributed by atoms with Crippen molar-refractivity contribution in [2.45, 2.75) is 37.6 Å². The maximum Gasteiger partial charge on any atom is 0.359 e. The molecule has 3 aromatic rings. The minimum atomic E-state index is -0.868.